The first-order valence-corrected chi connectivity index (χ1v) is 19.0. The van der Waals surface area contributed by atoms with Gasteiger partial charge in [0.2, 0.25) is 0 Å². The molecule has 0 aliphatic heterocycles. The van der Waals surface area contributed by atoms with Crippen molar-refractivity contribution in [1.82, 2.24) is 14.5 Å². The third-order valence-electron chi connectivity index (χ3n) is 11.2. The summed E-state index contributed by atoms with van der Waals surface area (Å²) in [4.78, 5) is 10.3. The summed E-state index contributed by atoms with van der Waals surface area (Å²) in [6, 6.07) is 58.7. The Balaban J connectivity index is 1.23. The second-order valence-electron chi connectivity index (χ2n) is 14.5. The second-order valence-corrected chi connectivity index (χ2v) is 15.6. The first-order chi connectivity index (χ1) is 26.1. The highest BCUT2D eigenvalue weighted by Crippen LogP contribution is 2.58. The molecule has 11 rings (SSSR count). The van der Waals surface area contributed by atoms with E-state index < -0.39 is 0 Å². The molecule has 0 atom stereocenters. The van der Waals surface area contributed by atoms with Crippen molar-refractivity contribution >= 4 is 53.3 Å². The van der Waals surface area contributed by atoms with Crippen LogP contribution in [0.2, 0.25) is 0 Å². The van der Waals surface area contributed by atoms with Crippen LogP contribution in [0.5, 0.6) is 0 Å². The highest BCUT2D eigenvalue weighted by Gasteiger charge is 2.40. The van der Waals surface area contributed by atoms with Crippen molar-refractivity contribution in [2.24, 2.45) is 0 Å². The maximum absolute atomic E-state index is 5.20. The van der Waals surface area contributed by atoms with Crippen LogP contribution in [0.1, 0.15) is 25.0 Å². The van der Waals surface area contributed by atoms with Crippen molar-refractivity contribution in [2.45, 2.75) is 19.3 Å². The Labute approximate surface area is 311 Å². The van der Waals surface area contributed by atoms with Crippen LogP contribution in [0.3, 0.4) is 0 Å². The maximum atomic E-state index is 5.20. The zero-order chi connectivity index (χ0) is 35.3. The lowest BCUT2D eigenvalue weighted by molar-refractivity contribution is 0.667. The predicted octanol–water partition coefficient (Wildman–Crippen LogP) is 13.2. The number of rotatable bonds is 4. The molecule has 10 aromatic rings. The molecule has 7 aromatic carbocycles. The second kappa shape index (κ2) is 11.3. The van der Waals surface area contributed by atoms with Crippen LogP contribution in [0.25, 0.3) is 92.7 Å². The summed E-state index contributed by atoms with van der Waals surface area (Å²) >= 11 is 1.91. The van der Waals surface area contributed by atoms with E-state index in [1.54, 1.807) is 0 Å². The summed E-state index contributed by atoms with van der Waals surface area (Å²) < 4.78 is 5.16. The fraction of sp³-hybridized carbons (Fsp3) is 0.0612. The molecule has 3 nitrogen and oxygen atoms in total. The van der Waals surface area contributed by atoms with Gasteiger partial charge in [0.1, 0.15) is 0 Å². The molecule has 0 spiro atoms. The molecule has 0 bridgehead atoms. The van der Waals surface area contributed by atoms with Crippen LogP contribution >= 0.6 is 11.3 Å². The molecule has 0 unspecified atom stereocenters. The monoisotopic (exact) mass is 695 g/mol. The largest absolute Gasteiger partial charge is 0.308 e. The molecular weight excluding hydrogens is 663 g/mol. The summed E-state index contributed by atoms with van der Waals surface area (Å²) in [5, 5.41) is 5.32. The van der Waals surface area contributed by atoms with E-state index in [4.69, 9.17) is 9.97 Å². The van der Waals surface area contributed by atoms with Gasteiger partial charge in [-0.2, -0.15) is 0 Å². The summed E-state index contributed by atoms with van der Waals surface area (Å²) in [5.74, 6) is 0.716. The van der Waals surface area contributed by atoms with Gasteiger partial charge in [-0.25, -0.2) is 9.97 Å². The van der Waals surface area contributed by atoms with E-state index in [0.717, 1.165) is 33.8 Å². The smallest absolute Gasteiger partial charge is 0.160 e. The predicted molar refractivity (Wildman–Crippen MR) is 223 cm³/mol. The Hall–Kier alpha value is -6.36. The van der Waals surface area contributed by atoms with E-state index in [0.29, 0.717) is 5.82 Å². The van der Waals surface area contributed by atoms with Gasteiger partial charge in [-0.05, 0) is 52.6 Å². The lowest BCUT2D eigenvalue weighted by atomic mass is 9.80. The molecule has 1 aliphatic carbocycles. The van der Waals surface area contributed by atoms with Gasteiger partial charge in [-0.3, -0.25) is 0 Å². The quantitative estimate of drug-likeness (QED) is 0.183. The van der Waals surface area contributed by atoms with Gasteiger partial charge in [0.15, 0.2) is 5.82 Å². The van der Waals surface area contributed by atoms with Crippen LogP contribution in [0.4, 0.5) is 0 Å². The van der Waals surface area contributed by atoms with Gasteiger partial charge in [0, 0.05) is 54.0 Å². The molecule has 250 valence electrons. The molecular formula is C49H33N3S. The zero-order valence-corrected chi connectivity index (χ0v) is 30.2. The average molecular weight is 696 g/mol. The van der Waals surface area contributed by atoms with Crippen molar-refractivity contribution in [1.29, 1.82) is 0 Å². The Kier molecular flexibility index (Phi) is 6.47. The molecule has 0 radical (unpaired) electrons. The van der Waals surface area contributed by atoms with E-state index >= 15 is 0 Å². The molecule has 0 fully saturated rings. The number of nitrogens with zero attached hydrogens (tertiary/aromatic N) is 3. The number of aromatic nitrogens is 3. The minimum atomic E-state index is -0.180. The third-order valence-corrected chi connectivity index (χ3v) is 12.3. The van der Waals surface area contributed by atoms with E-state index in [9.17, 15) is 0 Å². The summed E-state index contributed by atoms with van der Waals surface area (Å²) in [7, 11) is 0. The molecule has 0 saturated carbocycles. The van der Waals surface area contributed by atoms with Crippen LogP contribution in [0, 0.1) is 0 Å². The zero-order valence-electron chi connectivity index (χ0n) is 29.3. The molecule has 0 amide bonds. The molecule has 0 saturated heterocycles. The number of benzene rings is 7. The van der Waals surface area contributed by atoms with Gasteiger partial charge >= 0.3 is 0 Å². The third kappa shape index (κ3) is 4.39. The normalized spacial score (nSPS) is 13.2. The van der Waals surface area contributed by atoms with Crippen molar-refractivity contribution in [3.05, 3.63) is 175 Å². The number of para-hydroxylation sites is 1. The van der Waals surface area contributed by atoms with Gasteiger partial charge in [0.25, 0.3) is 0 Å². The topological polar surface area (TPSA) is 30.7 Å². The van der Waals surface area contributed by atoms with E-state index in [-0.39, 0.29) is 5.41 Å². The summed E-state index contributed by atoms with van der Waals surface area (Å²) in [6.45, 7) is 4.82. The number of hydrogen-bond donors (Lipinski definition) is 0. The fourth-order valence-electron chi connectivity index (χ4n) is 8.83. The minimum absolute atomic E-state index is 0.180. The van der Waals surface area contributed by atoms with Crippen molar-refractivity contribution < 1.29 is 0 Å². The maximum Gasteiger partial charge on any atom is 0.160 e. The molecule has 3 aromatic heterocycles. The Morgan fingerprint density at radius 1 is 0.547 bits per heavy atom. The Morgan fingerprint density at radius 3 is 2.00 bits per heavy atom. The highest BCUT2D eigenvalue weighted by molar-refractivity contribution is 7.26. The molecule has 3 heterocycles. The SMILES string of the molecule is CC1(C)c2ccccc2-c2c1c1c3ccccc3n(-c3cccc(-c4cc(-c5ccccc5)nc(-c5ccccc5)n4)c3)c1c1sc3ccccc3c21. The van der Waals surface area contributed by atoms with Gasteiger partial charge in [-0.1, -0.05) is 147 Å². The molecule has 4 heteroatoms. The van der Waals surface area contributed by atoms with E-state index in [2.05, 4.69) is 158 Å². The van der Waals surface area contributed by atoms with Gasteiger partial charge in [0.05, 0.1) is 27.1 Å². The molecule has 53 heavy (non-hydrogen) atoms. The Morgan fingerprint density at radius 2 is 1.19 bits per heavy atom. The van der Waals surface area contributed by atoms with E-state index in [1.807, 2.05) is 35.6 Å². The average Bonchev–Trinajstić information content (AvgIpc) is 3.84. The Bertz CT molecular complexity index is 3020. The highest BCUT2D eigenvalue weighted by atomic mass is 32.1. The standard InChI is InChI=1S/C49H33N3S/c1-49(2)37-25-12-9-22-34(37)42-43-36-24-11-14-27-41(36)53-47(43)46-44(45(42)49)35-23-10-13-26-40(35)52(46)33-21-15-20-32(28-33)39-29-38(30-16-5-3-6-17-30)50-48(51-39)31-18-7-4-8-19-31/h3-29H,1-2H3. The van der Waals surface area contributed by atoms with Gasteiger partial charge in [-0.15, -0.1) is 11.3 Å². The first-order valence-electron chi connectivity index (χ1n) is 18.2. The first kappa shape index (κ1) is 30.3. The van der Waals surface area contributed by atoms with Crippen molar-refractivity contribution in [3.63, 3.8) is 0 Å². The summed E-state index contributed by atoms with van der Waals surface area (Å²) in [6.07, 6.45) is 0. The molecule has 1 aliphatic rings. The number of thiophene rings is 1. The lowest BCUT2D eigenvalue weighted by Crippen LogP contribution is -2.15. The van der Waals surface area contributed by atoms with Crippen LogP contribution in [0.15, 0.2) is 164 Å². The fourth-order valence-corrected chi connectivity index (χ4v) is 10.1. The number of hydrogen-bond acceptors (Lipinski definition) is 3. The van der Waals surface area contributed by atoms with Crippen molar-refractivity contribution in [3.8, 4) is 50.7 Å². The van der Waals surface area contributed by atoms with Crippen LogP contribution in [-0.4, -0.2) is 14.5 Å². The van der Waals surface area contributed by atoms with Crippen molar-refractivity contribution in [2.75, 3.05) is 0 Å². The number of fused-ring (bicyclic) bond motifs is 12. The van der Waals surface area contributed by atoms with Gasteiger partial charge < -0.3 is 4.57 Å². The van der Waals surface area contributed by atoms with E-state index in [1.165, 1.54) is 64.2 Å². The van der Waals surface area contributed by atoms with Crippen LogP contribution in [-0.2, 0) is 5.41 Å². The molecule has 0 N–H and O–H groups in total. The summed E-state index contributed by atoms with van der Waals surface area (Å²) in [5.41, 5.74) is 13.9. The van der Waals surface area contributed by atoms with Crippen LogP contribution < -0.4 is 0 Å². The lowest BCUT2D eigenvalue weighted by Gasteiger charge is -2.23. The minimum Gasteiger partial charge on any atom is -0.308 e.